The number of aromatic nitrogens is 2. The van der Waals surface area contributed by atoms with Gasteiger partial charge in [0.05, 0.1) is 33.6 Å². The van der Waals surface area contributed by atoms with Gasteiger partial charge >= 0.3 is 5.69 Å². The topological polar surface area (TPSA) is 99.6 Å². The number of hydrogen-bond donors (Lipinski definition) is 0. The number of para-hydroxylation sites is 1. The zero-order chi connectivity index (χ0) is 22.0. The number of nitro groups is 1. The molecule has 2 aromatic carbocycles. The van der Waals surface area contributed by atoms with Crippen molar-refractivity contribution in [2.24, 2.45) is 5.10 Å². The van der Waals surface area contributed by atoms with Crippen molar-refractivity contribution < 1.29 is 9.66 Å². The molecule has 4 rings (SSSR count). The normalized spacial score (nSPS) is 14.9. The third kappa shape index (κ3) is 4.23. The summed E-state index contributed by atoms with van der Waals surface area (Å²) in [5, 5.41) is 16.3. The molecule has 160 valence electrons. The lowest BCUT2D eigenvalue weighted by molar-refractivity contribution is -0.385. The summed E-state index contributed by atoms with van der Waals surface area (Å²) in [7, 11) is 1.37. The summed E-state index contributed by atoms with van der Waals surface area (Å²) >= 11 is 3.30. The maximum atomic E-state index is 13.2. The Morgan fingerprint density at radius 2 is 2.00 bits per heavy atom. The number of hydrogen-bond acceptors (Lipinski definition) is 6. The molecule has 1 saturated carbocycles. The van der Waals surface area contributed by atoms with Crippen LogP contribution in [0.5, 0.6) is 5.75 Å². The highest BCUT2D eigenvalue weighted by atomic mass is 79.9. The summed E-state index contributed by atoms with van der Waals surface area (Å²) in [5.41, 5.74) is 0.690. The van der Waals surface area contributed by atoms with Crippen LogP contribution in [0.3, 0.4) is 0 Å². The number of nitrogens with zero attached hydrogens (tertiary/aromatic N) is 4. The molecule has 3 aromatic rings. The maximum Gasteiger partial charge on any atom is 0.312 e. The molecule has 1 aromatic heterocycles. The number of nitro benzene ring substituents is 1. The van der Waals surface area contributed by atoms with Gasteiger partial charge in [0.15, 0.2) is 0 Å². The smallest absolute Gasteiger partial charge is 0.312 e. The van der Waals surface area contributed by atoms with Crippen molar-refractivity contribution in [2.75, 3.05) is 7.11 Å². The fourth-order valence-electron chi connectivity index (χ4n) is 4.01. The minimum atomic E-state index is -0.516. The molecule has 0 saturated heterocycles. The van der Waals surface area contributed by atoms with Gasteiger partial charge in [-0.2, -0.15) is 9.78 Å². The summed E-state index contributed by atoms with van der Waals surface area (Å²) in [6, 6.07) is 10.3. The van der Waals surface area contributed by atoms with E-state index in [0.29, 0.717) is 26.8 Å². The molecular weight excluding hydrogens is 464 g/mol. The van der Waals surface area contributed by atoms with Gasteiger partial charge in [0.1, 0.15) is 5.82 Å². The van der Waals surface area contributed by atoms with E-state index in [-0.39, 0.29) is 22.9 Å². The van der Waals surface area contributed by atoms with Crippen LogP contribution < -0.4 is 10.3 Å². The van der Waals surface area contributed by atoms with Crippen molar-refractivity contribution in [3.05, 3.63) is 72.7 Å². The van der Waals surface area contributed by atoms with Gasteiger partial charge in [-0.15, -0.1) is 0 Å². The molecule has 0 spiro atoms. The number of benzene rings is 2. The highest BCUT2D eigenvalue weighted by Crippen LogP contribution is 2.36. The standard InChI is InChI=1S/C22H21BrN4O4/c1-31-20-17(23)11-14(12-19(20)27(29)30)13-24-26-21(15-7-3-2-4-8-15)25-18-10-6-5-9-16(18)22(26)28/h5-6,9-13,15H,2-4,7-8H2,1H3. The first-order chi connectivity index (χ1) is 15.0. The van der Waals surface area contributed by atoms with Crippen molar-refractivity contribution in [3.63, 3.8) is 0 Å². The second-order valence-electron chi connectivity index (χ2n) is 7.50. The summed E-state index contributed by atoms with van der Waals surface area (Å²) in [6.07, 6.45) is 6.73. The van der Waals surface area contributed by atoms with Gasteiger partial charge in [-0.05, 0) is 47.0 Å². The van der Waals surface area contributed by atoms with Gasteiger partial charge in [0.25, 0.3) is 5.56 Å². The zero-order valence-corrected chi connectivity index (χ0v) is 18.5. The van der Waals surface area contributed by atoms with Crippen molar-refractivity contribution in [1.82, 2.24) is 9.66 Å². The molecular formula is C22H21BrN4O4. The van der Waals surface area contributed by atoms with Crippen LogP contribution in [0.1, 0.15) is 49.4 Å². The van der Waals surface area contributed by atoms with Crippen LogP contribution in [-0.2, 0) is 0 Å². The van der Waals surface area contributed by atoms with Crippen molar-refractivity contribution >= 4 is 38.7 Å². The van der Waals surface area contributed by atoms with Gasteiger partial charge in [-0.3, -0.25) is 14.9 Å². The van der Waals surface area contributed by atoms with E-state index in [0.717, 1.165) is 25.7 Å². The third-order valence-electron chi connectivity index (χ3n) is 5.52. The highest BCUT2D eigenvalue weighted by molar-refractivity contribution is 9.10. The Labute approximate surface area is 186 Å². The highest BCUT2D eigenvalue weighted by Gasteiger charge is 2.23. The quantitative estimate of drug-likeness (QED) is 0.288. The second-order valence-corrected chi connectivity index (χ2v) is 8.35. The molecule has 1 aliphatic carbocycles. The molecule has 9 heteroatoms. The predicted octanol–water partition coefficient (Wildman–Crippen LogP) is 5.01. The van der Waals surface area contributed by atoms with E-state index in [1.807, 2.05) is 12.1 Å². The van der Waals surface area contributed by atoms with Crippen LogP contribution in [0.25, 0.3) is 10.9 Å². The van der Waals surface area contributed by atoms with E-state index in [1.165, 1.54) is 30.5 Å². The monoisotopic (exact) mass is 484 g/mol. The molecule has 31 heavy (non-hydrogen) atoms. The van der Waals surface area contributed by atoms with Crippen LogP contribution in [0, 0.1) is 10.1 Å². The molecule has 0 N–H and O–H groups in total. The van der Waals surface area contributed by atoms with E-state index >= 15 is 0 Å². The average Bonchev–Trinajstić information content (AvgIpc) is 2.78. The maximum absolute atomic E-state index is 13.2. The number of methoxy groups -OCH3 is 1. The second kappa shape index (κ2) is 8.97. The van der Waals surface area contributed by atoms with Crippen LogP contribution in [0.2, 0.25) is 0 Å². The van der Waals surface area contributed by atoms with Gasteiger partial charge in [0, 0.05) is 17.5 Å². The fraction of sp³-hybridized carbons (Fsp3) is 0.318. The van der Waals surface area contributed by atoms with Crippen molar-refractivity contribution in [1.29, 1.82) is 0 Å². The minimum Gasteiger partial charge on any atom is -0.489 e. The lowest BCUT2D eigenvalue weighted by Gasteiger charge is -2.22. The Bertz CT molecular complexity index is 1230. The summed E-state index contributed by atoms with van der Waals surface area (Å²) in [6.45, 7) is 0. The molecule has 0 aliphatic heterocycles. The van der Waals surface area contributed by atoms with Crippen molar-refractivity contribution in [2.45, 2.75) is 38.0 Å². The number of fused-ring (bicyclic) bond motifs is 1. The Hall–Kier alpha value is -3.07. The van der Waals surface area contributed by atoms with Crippen molar-refractivity contribution in [3.8, 4) is 5.75 Å². The first-order valence-electron chi connectivity index (χ1n) is 10.1. The number of halogens is 1. The Kier molecular flexibility index (Phi) is 6.13. The fourth-order valence-corrected chi connectivity index (χ4v) is 4.64. The molecule has 0 radical (unpaired) electrons. The SMILES string of the molecule is COc1c(Br)cc(C=Nn2c(C3CCCCC3)nc3ccccc3c2=O)cc1[N+](=O)[O-]. The van der Waals surface area contributed by atoms with Crippen LogP contribution in [0.4, 0.5) is 5.69 Å². The molecule has 8 nitrogen and oxygen atoms in total. The first-order valence-corrected chi connectivity index (χ1v) is 10.9. The summed E-state index contributed by atoms with van der Waals surface area (Å²) < 4.78 is 6.90. The molecule has 1 heterocycles. The number of rotatable bonds is 5. The van der Waals surface area contributed by atoms with Gasteiger partial charge < -0.3 is 4.74 Å². The first kappa shape index (κ1) is 21.2. The minimum absolute atomic E-state index is 0.134. The predicted molar refractivity (Wildman–Crippen MR) is 122 cm³/mol. The van der Waals surface area contributed by atoms with Crippen LogP contribution in [-0.4, -0.2) is 27.9 Å². The largest absolute Gasteiger partial charge is 0.489 e. The molecule has 0 unspecified atom stereocenters. The van der Waals surface area contributed by atoms with Gasteiger partial charge in [0.2, 0.25) is 5.75 Å². The van der Waals surface area contributed by atoms with E-state index in [2.05, 4.69) is 21.0 Å². The van der Waals surface area contributed by atoms with Crippen LogP contribution in [0.15, 0.2) is 50.8 Å². The third-order valence-corrected chi connectivity index (χ3v) is 6.11. The zero-order valence-electron chi connectivity index (χ0n) is 17.0. The van der Waals surface area contributed by atoms with Gasteiger partial charge in [-0.25, -0.2) is 4.98 Å². The Morgan fingerprint density at radius 3 is 2.71 bits per heavy atom. The lowest BCUT2D eigenvalue weighted by atomic mass is 9.88. The van der Waals surface area contributed by atoms with E-state index in [4.69, 9.17) is 9.72 Å². The molecule has 1 aliphatic rings. The summed E-state index contributed by atoms with van der Waals surface area (Å²) in [5.74, 6) is 0.927. The van der Waals surface area contributed by atoms with E-state index in [9.17, 15) is 14.9 Å². The van der Waals surface area contributed by atoms with E-state index in [1.54, 1.807) is 18.2 Å². The Balaban J connectivity index is 1.84. The molecule has 0 amide bonds. The molecule has 0 atom stereocenters. The number of ether oxygens (including phenoxy) is 1. The molecule has 0 bridgehead atoms. The summed E-state index contributed by atoms with van der Waals surface area (Å²) in [4.78, 5) is 28.9. The van der Waals surface area contributed by atoms with E-state index < -0.39 is 4.92 Å². The van der Waals surface area contributed by atoms with Crippen LogP contribution >= 0.6 is 15.9 Å². The van der Waals surface area contributed by atoms with Gasteiger partial charge in [-0.1, -0.05) is 31.4 Å². The Morgan fingerprint density at radius 1 is 1.26 bits per heavy atom. The average molecular weight is 485 g/mol. The molecule has 1 fully saturated rings. The lowest BCUT2D eigenvalue weighted by Crippen LogP contribution is -2.25.